The summed E-state index contributed by atoms with van der Waals surface area (Å²) in [5.74, 6) is -3.73. The molecule has 1 unspecified atom stereocenters. The van der Waals surface area contributed by atoms with Gasteiger partial charge in [-0.05, 0) is 37.1 Å². The predicted molar refractivity (Wildman–Crippen MR) is 138 cm³/mol. The van der Waals surface area contributed by atoms with Crippen molar-refractivity contribution in [3.05, 3.63) is 119 Å². The van der Waals surface area contributed by atoms with Crippen LogP contribution in [0.25, 0.3) is 10.9 Å². The summed E-state index contributed by atoms with van der Waals surface area (Å²) in [6.07, 6.45) is 0.323. The number of carbonyl (C=O) groups excluding carboxylic acids is 1. The largest absolute Gasteiger partial charge is 0.361 e. The monoisotopic (exact) mass is 570 g/mol. The van der Waals surface area contributed by atoms with Crippen molar-refractivity contribution in [2.75, 3.05) is 0 Å². The van der Waals surface area contributed by atoms with E-state index in [0.29, 0.717) is 17.3 Å². The molecule has 0 aliphatic heterocycles. The number of aromatic nitrogens is 2. The molecule has 40 heavy (non-hydrogen) atoms. The highest BCUT2D eigenvalue weighted by molar-refractivity contribution is 7.93. The minimum atomic E-state index is -4.50. The number of hydrogen-bond donors (Lipinski definition) is 0. The summed E-state index contributed by atoms with van der Waals surface area (Å²) in [6, 6.07) is 13.7. The van der Waals surface area contributed by atoms with Gasteiger partial charge in [-0.2, -0.15) is 0 Å². The number of halogens is 4. The minimum absolute atomic E-state index is 0.119. The molecular formula is C29H22F4N2O4S. The van der Waals surface area contributed by atoms with E-state index in [1.54, 1.807) is 31.2 Å². The third-order valence-corrected chi connectivity index (χ3v) is 8.72. The van der Waals surface area contributed by atoms with Gasteiger partial charge in [0.25, 0.3) is 0 Å². The van der Waals surface area contributed by atoms with E-state index >= 15 is 0 Å². The predicted octanol–water partition coefficient (Wildman–Crippen LogP) is 5.74. The Morgan fingerprint density at radius 1 is 0.925 bits per heavy atom. The number of aryl methyl sites for hydroxylation is 1. The van der Waals surface area contributed by atoms with Crippen LogP contribution in [0.4, 0.5) is 17.6 Å². The maximum absolute atomic E-state index is 14.6. The summed E-state index contributed by atoms with van der Waals surface area (Å²) >= 11 is 0. The molecule has 3 aromatic carbocycles. The fourth-order valence-corrected chi connectivity index (χ4v) is 6.52. The fourth-order valence-electron chi connectivity index (χ4n) is 4.63. The summed E-state index contributed by atoms with van der Waals surface area (Å²) in [7, 11) is -4.50. The van der Waals surface area contributed by atoms with Crippen molar-refractivity contribution in [1.29, 1.82) is 0 Å². The van der Waals surface area contributed by atoms with Gasteiger partial charge in [-0.25, -0.2) is 26.0 Å². The number of sulfone groups is 1. The van der Waals surface area contributed by atoms with Gasteiger partial charge in [0.05, 0.1) is 23.6 Å². The second-order valence-corrected chi connectivity index (χ2v) is 11.5. The van der Waals surface area contributed by atoms with Crippen LogP contribution in [-0.2, 0) is 34.0 Å². The number of carbonyl (C=O) groups is 1. The molecule has 5 aromatic rings. The molecule has 6 nitrogen and oxygen atoms in total. The molecule has 2 heterocycles. The Kier molecular flexibility index (Phi) is 7.33. The molecule has 5 rings (SSSR count). The molecule has 11 heteroatoms. The maximum atomic E-state index is 14.6. The first-order valence-electron chi connectivity index (χ1n) is 12.2. The zero-order chi connectivity index (χ0) is 28.6. The first kappa shape index (κ1) is 27.3. The third kappa shape index (κ3) is 5.42. The lowest BCUT2D eigenvalue weighted by molar-refractivity contribution is -0.118. The second-order valence-electron chi connectivity index (χ2n) is 9.42. The van der Waals surface area contributed by atoms with Crippen LogP contribution in [0.15, 0.2) is 82.3 Å². The molecule has 0 aliphatic carbocycles. The number of benzene rings is 3. The molecule has 2 aromatic heterocycles. The number of rotatable bonds is 9. The van der Waals surface area contributed by atoms with Gasteiger partial charge < -0.3 is 9.09 Å². The van der Waals surface area contributed by atoms with Crippen molar-refractivity contribution in [3.63, 3.8) is 0 Å². The molecule has 206 valence electrons. The van der Waals surface area contributed by atoms with Crippen molar-refractivity contribution in [2.24, 2.45) is 0 Å². The lowest BCUT2D eigenvalue weighted by Gasteiger charge is -2.17. The van der Waals surface area contributed by atoms with E-state index in [9.17, 15) is 30.8 Å². The molecular weight excluding hydrogens is 548 g/mol. The number of hydrogen-bond acceptors (Lipinski definition) is 5. The van der Waals surface area contributed by atoms with Crippen LogP contribution in [0.2, 0.25) is 0 Å². The molecule has 0 aliphatic rings. The molecule has 0 bridgehead atoms. The van der Waals surface area contributed by atoms with Gasteiger partial charge in [-0.15, -0.1) is 0 Å². The smallest absolute Gasteiger partial charge is 0.190 e. The Morgan fingerprint density at radius 2 is 1.57 bits per heavy atom. The van der Waals surface area contributed by atoms with Crippen molar-refractivity contribution in [3.8, 4) is 0 Å². The normalized spacial score (nSPS) is 12.6. The van der Waals surface area contributed by atoms with Gasteiger partial charge in [0.15, 0.2) is 15.6 Å². The molecule has 0 fully saturated rings. The fraction of sp³-hybridized carbons (Fsp3) is 0.172. The van der Waals surface area contributed by atoms with Gasteiger partial charge in [0.2, 0.25) is 0 Å². The summed E-state index contributed by atoms with van der Waals surface area (Å²) in [6.45, 7) is 1.49. The third-order valence-electron chi connectivity index (χ3n) is 6.60. The van der Waals surface area contributed by atoms with E-state index < -0.39 is 57.0 Å². The molecule has 0 radical (unpaired) electrons. The van der Waals surface area contributed by atoms with Gasteiger partial charge >= 0.3 is 0 Å². The summed E-state index contributed by atoms with van der Waals surface area (Å²) in [4.78, 5) is 13.3. The van der Waals surface area contributed by atoms with E-state index in [-0.39, 0.29) is 33.6 Å². The highest BCUT2D eigenvalue weighted by atomic mass is 32.2. The van der Waals surface area contributed by atoms with Crippen LogP contribution < -0.4 is 0 Å². The van der Waals surface area contributed by atoms with E-state index in [2.05, 4.69) is 5.16 Å². The Labute approximate surface area is 226 Å². The van der Waals surface area contributed by atoms with Crippen LogP contribution in [0, 0.1) is 30.2 Å². The molecule has 0 saturated carbocycles. The quantitative estimate of drug-likeness (QED) is 0.211. The first-order valence-corrected chi connectivity index (χ1v) is 13.7. The summed E-state index contributed by atoms with van der Waals surface area (Å²) < 4.78 is 90.8. The molecule has 0 saturated heterocycles. The summed E-state index contributed by atoms with van der Waals surface area (Å²) in [5, 5.41) is 2.27. The average molecular weight is 571 g/mol. The standard InChI is InChI=1S/C29H22F4N2O4S/c1-17-10-22(34-39-17)14-27(36)28(11-18-6-8-20(30)12-24(18)32)40(37,38)29-16-35(26-5-3-2-4-23(26)29)15-19-7-9-21(31)13-25(19)33/h2-10,12-13,16,28H,11,14-15H2,1H3. The number of fused-ring (bicyclic) bond motifs is 1. The van der Waals surface area contributed by atoms with Crippen LogP contribution in [0.5, 0.6) is 0 Å². The Bertz CT molecular complexity index is 1850. The lowest BCUT2D eigenvalue weighted by Crippen LogP contribution is -2.34. The second kappa shape index (κ2) is 10.7. The first-order chi connectivity index (χ1) is 19.0. The van der Waals surface area contributed by atoms with Crippen LogP contribution in [0.3, 0.4) is 0 Å². The average Bonchev–Trinajstić information content (AvgIpc) is 3.48. The number of Topliss-reactive ketones (excluding diaryl/α,β-unsaturated/α-hetero) is 1. The number of ketones is 1. The van der Waals surface area contributed by atoms with Crippen molar-refractivity contribution in [1.82, 2.24) is 9.72 Å². The minimum Gasteiger partial charge on any atom is -0.361 e. The molecule has 0 spiro atoms. The number of para-hydroxylation sites is 1. The van der Waals surface area contributed by atoms with Crippen molar-refractivity contribution in [2.45, 2.75) is 36.5 Å². The van der Waals surface area contributed by atoms with E-state index in [1.807, 2.05) is 0 Å². The van der Waals surface area contributed by atoms with Gasteiger partial charge in [0.1, 0.15) is 34.3 Å². The van der Waals surface area contributed by atoms with Crippen molar-refractivity contribution < 1.29 is 35.3 Å². The van der Waals surface area contributed by atoms with E-state index in [4.69, 9.17) is 4.52 Å². The lowest BCUT2D eigenvalue weighted by atomic mass is 10.0. The number of nitrogens with zero attached hydrogens (tertiary/aromatic N) is 2. The van der Waals surface area contributed by atoms with Crippen LogP contribution in [-0.4, -0.2) is 29.2 Å². The van der Waals surface area contributed by atoms with E-state index in [0.717, 1.165) is 24.3 Å². The maximum Gasteiger partial charge on any atom is 0.190 e. The van der Waals surface area contributed by atoms with Gasteiger partial charge in [-0.1, -0.05) is 35.5 Å². The van der Waals surface area contributed by atoms with E-state index in [1.165, 1.54) is 22.9 Å². The Morgan fingerprint density at radius 3 is 2.20 bits per heavy atom. The summed E-state index contributed by atoms with van der Waals surface area (Å²) in [5.41, 5.74) is 0.595. The van der Waals surface area contributed by atoms with Gasteiger partial charge in [-0.3, -0.25) is 4.79 Å². The zero-order valence-corrected chi connectivity index (χ0v) is 21.9. The molecule has 0 N–H and O–H groups in total. The SMILES string of the molecule is Cc1cc(CC(=O)C(Cc2ccc(F)cc2F)S(=O)(=O)c2cn(Cc3ccc(F)cc3F)c3ccccc23)no1. The van der Waals surface area contributed by atoms with Crippen molar-refractivity contribution >= 4 is 26.5 Å². The zero-order valence-electron chi connectivity index (χ0n) is 21.1. The highest BCUT2D eigenvalue weighted by Gasteiger charge is 2.37. The van der Waals surface area contributed by atoms with Gasteiger partial charge in [0, 0.05) is 40.9 Å². The van der Waals surface area contributed by atoms with Crippen LogP contribution >= 0.6 is 0 Å². The topological polar surface area (TPSA) is 82.2 Å². The Balaban J connectivity index is 1.60. The van der Waals surface area contributed by atoms with Crippen LogP contribution in [0.1, 0.15) is 22.6 Å². The highest BCUT2D eigenvalue weighted by Crippen LogP contribution is 2.31. The molecule has 0 amide bonds. The Hall–Kier alpha value is -4.25. The molecule has 1 atom stereocenters.